The molecule has 2 rings (SSSR count). The Bertz CT molecular complexity index is 888. The first kappa shape index (κ1) is 20.9. The number of nitrogens with one attached hydrogen (secondary N) is 2. The summed E-state index contributed by atoms with van der Waals surface area (Å²) in [6.07, 6.45) is 3.35. The maximum Gasteiger partial charge on any atom is 0.308 e. The highest BCUT2D eigenvalue weighted by atomic mass is 16.5. The van der Waals surface area contributed by atoms with Gasteiger partial charge in [0.05, 0.1) is 0 Å². The van der Waals surface area contributed by atoms with E-state index in [9.17, 15) is 14.4 Å². The fourth-order valence-corrected chi connectivity index (χ4v) is 2.36. The van der Waals surface area contributed by atoms with Crippen LogP contribution in [0.3, 0.4) is 0 Å². The number of esters is 1. The van der Waals surface area contributed by atoms with Gasteiger partial charge in [-0.25, -0.2) is 0 Å². The van der Waals surface area contributed by atoms with Gasteiger partial charge in [0.2, 0.25) is 5.91 Å². The average molecular weight is 380 g/mol. The van der Waals surface area contributed by atoms with Gasteiger partial charge in [0, 0.05) is 24.7 Å². The number of carbonyl (C=O) groups is 3. The zero-order chi connectivity index (χ0) is 20.5. The largest absolute Gasteiger partial charge is 0.427 e. The second-order valence-electron chi connectivity index (χ2n) is 6.60. The van der Waals surface area contributed by atoms with Crippen molar-refractivity contribution in [1.82, 2.24) is 5.32 Å². The molecule has 0 unspecified atom stereocenters. The van der Waals surface area contributed by atoms with E-state index in [0.717, 1.165) is 5.56 Å². The molecule has 6 nitrogen and oxygen atoms in total. The molecule has 0 saturated heterocycles. The summed E-state index contributed by atoms with van der Waals surface area (Å²) in [4.78, 5) is 35.3. The highest BCUT2D eigenvalue weighted by Gasteiger charge is 2.09. The van der Waals surface area contributed by atoms with Gasteiger partial charge in [0.15, 0.2) is 0 Å². The number of anilines is 1. The molecule has 0 aliphatic heterocycles. The Morgan fingerprint density at radius 3 is 2.54 bits per heavy atom. The zero-order valence-electron chi connectivity index (χ0n) is 16.2. The Morgan fingerprint density at radius 2 is 1.82 bits per heavy atom. The van der Waals surface area contributed by atoms with E-state index in [2.05, 4.69) is 10.6 Å². The van der Waals surface area contributed by atoms with Crippen LogP contribution in [0.15, 0.2) is 60.7 Å². The maximum atomic E-state index is 12.4. The number of amides is 2. The van der Waals surface area contributed by atoms with Crippen LogP contribution in [0.2, 0.25) is 0 Å². The Hall–Kier alpha value is -3.41. The number of rotatable bonds is 7. The van der Waals surface area contributed by atoms with E-state index in [-0.39, 0.29) is 11.8 Å². The molecule has 0 aliphatic carbocycles. The second-order valence-corrected chi connectivity index (χ2v) is 6.60. The van der Waals surface area contributed by atoms with Crippen molar-refractivity contribution >= 4 is 23.5 Å². The van der Waals surface area contributed by atoms with Gasteiger partial charge in [-0.1, -0.05) is 38.1 Å². The third-order valence-electron chi connectivity index (χ3n) is 3.64. The van der Waals surface area contributed by atoms with Crippen LogP contribution < -0.4 is 15.4 Å². The number of hydrogen-bond acceptors (Lipinski definition) is 4. The molecule has 0 bridgehead atoms. The number of carbonyl (C=O) groups excluding carboxylic acids is 3. The van der Waals surface area contributed by atoms with Crippen molar-refractivity contribution in [1.29, 1.82) is 0 Å². The van der Waals surface area contributed by atoms with Crippen LogP contribution in [0.5, 0.6) is 5.75 Å². The van der Waals surface area contributed by atoms with Crippen LogP contribution >= 0.6 is 0 Å². The van der Waals surface area contributed by atoms with Crippen molar-refractivity contribution in [2.75, 3.05) is 5.32 Å². The van der Waals surface area contributed by atoms with Crippen LogP contribution in [-0.2, 0) is 16.1 Å². The first-order chi connectivity index (χ1) is 13.3. The molecule has 0 saturated carbocycles. The second kappa shape index (κ2) is 10.1. The molecule has 0 aromatic heterocycles. The standard InChI is InChI=1S/C22H24N2O4/c1-15(2)10-11-21(26)23-14-17-6-4-8-19(12-17)24-22(27)18-7-5-9-20(13-18)28-16(3)25/h4-13,15H,14H2,1-3H3,(H,23,26)(H,24,27)/b11-10+. The first-order valence-corrected chi connectivity index (χ1v) is 8.98. The van der Waals surface area contributed by atoms with E-state index in [1.807, 2.05) is 26.0 Å². The smallest absolute Gasteiger partial charge is 0.308 e. The predicted octanol–water partition coefficient (Wildman–Crippen LogP) is 3.69. The third kappa shape index (κ3) is 7.07. The summed E-state index contributed by atoms with van der Waals surface area (Å²) in [6.45, 7) is 5.65. The summed E-state index contributed by atoms with van der Waals surface area (Å²) in [5.74, 6) is -0.314. The Balaban J connectivity index is 1.99. The summed E-state index contributed by atoms with van der Waals surface area (Å²) in [7, 11) is 0. The monoisotopic (exact) mass is 380 g/mol. The minimum absolute atomic E-state index is 0.162. The van der Waals surface area contributed by atoms with Crippen molar-refractivity contribution in [2.45, 2.75) is 27.3 Å². The van der Waals surface area contributed by atoms with Crippen LogP contribution in [-0.4, -0.2) is 17.8 Å². The van der Waals surface area contributed by atoms with Crippen molar-refractivity contribution in [3.8, 4) is 5.75 Å². The predicted molar refractivity (Wildman–Crippen MR) is 108 cm³/mol. The van der Waals surface area contributed by atoms with Crippen molar-refractivity contribution in [2.24, 2.45) is 5.92 Å². The molecule has 2 aromatic rings. The lowest BCUT2D eigenvalue weighted by Gasteiger charge is -2.09. The highest BCUT2D eigenvalue weighted by Crippen LogP contribution is 2.16. The summed E-state index contributed by atoms with van der Waals surface area (Å²) in [6, 6.07) is 13.6. The van der Waals surface area contributed by atoms with E-state index < -0.39 is 5.97 Å². The number of hydrogen-bond donors (Lipinski definition) is 2. The highest BCUT2D eigenvalue weighted by molar-refractivity contribution is 6.04. The van der Waals surface area contributed by atoms with E-state index >= 15 is 0 Å². The van der Waals surface area contributed by atoms with Gasteiger partial charge in [-0.2, -0.15) is 0 Å². The molecular weight excluding hydrogens is 356 g/mol. The molecular formula is C22H24N2O4. The van der Waals surface area contributed by atoms with Gasteiger partial charge in [-0.15, -0.1) is 0 Å². The van der Waals surface area contributed by atoms with Gasteiger partial charge in [0.25, 0.3) is 5.91 Å². The fraction of sp³-hybridized carbons (Fsp3) is 0.227. The first-order valence-electron chi connectivity index (χ1n) is 8.98. The lowest BCUT2D eigenvalue weighted by molar-refractivity contribution is -0.131. The van der Waals surface area contributed by atoms with Crippen LogP contribution in [0, 0.1) is 5.92 Å². The fourth-order valence-electron chi connectivity index (χ4n) is 2.36. The molecule has 0 atom stereocenters. The quantitative estimate of drug-likeness (QED) is 0.436. The van der Waals surface area contributed by atoms with Gasteiger partial charge in [-0.3, -0.25) is 14.4 Å². The Kier molecular flexibility index (Phi) is 7.51. The molecule has 0 aliphatic rings. The SMILES string of the molecule is CC(=O)Oc1cccc(C(=O)Nc2cccc(CNC(=O)/C=C/C(C)C)c2)c1. The van der Waals surface area contributed by atoms with Gasteiger partial charge < -0.3 is 15.4 Å². The van der Waals surface area contributed by atoms with Crippen molar-refractivity contribution in [3.05, 3.63) is 71.8 Å². The minimum Gasteiger partial charge on any atom is -0.427 e. The molecule has 28 heavy (non-hydrogen) atoms. The Labute approximate surface area is 164 Å². The summed E-state index contributed by atoms with van der Waals surface area (Å²) in [5.41, 5.74) is 1.83. The Morgan fingerprint density at radius 1 is 1.07 bits per heavy atom. The number of ether oxygens (including phenoxy) is 1. The number of allylic oxidation sites excluding steroid dienone is 1. The molecule has 0 radical (unpaired) electrons. The number of benzene rings is 2. The topological polar surface area (TPSA) is 84.5 Å². The maximum absolute atomic E-state index is 12.4. The molecule has 6 heteroatoms. The van der Waals surface area contributed by atoms with Crippen molar-refractivity contribution < 1.29 is 19.1 Å². The average Bonchev–Trinajstić information content (AvgIpc) is 2.64. The van der Waals surface area contributed by atoms with Gasteiger partial charge in [0.1, 0.15) is 5.75 Å². The van der Waals surface area contributed by atoms with Crippen LogP contribution in [0.4, 0.5) is 5.69 Å². The molecule has 0 fully saturated rings. The molecule has 0 heterocycles. The lowest BCUT2D eigenvalue weighted by Crippen LogP contribution is -2.20. The van der Waals surface area contributed by atoms with Crippen molar-refractivity contribution in [3.63, 3.8) is 0 Å². The van der Waals surface area contributed by atoms with E-state index in [0.29, 0.717) is 29.5 Å². The molecule has 2 N–H and O–H groups in total. The van der Waals surface area contributed by atoms with Gasteiger partial charge in [-0.05, 0) is 47.9 Å². The van der Waals surface area contributed by atoms with Crippen LogP contribution in [0.1, 0.15) is 36.7 Å². The van der Waals surface area contributed by atoms with Crippen LogP contribution in [0.25, 0.3) is 0 Å². The van der Waals surface area contributed by atoms with E-state index in [4.69, 9.17) is 4.74 Å². The molecule has 2 amide bonds. The van der Waals surface area contributed by atoms with Gasteiger partial charge >= 0.3 is 5.97 Å². The molecule has 146 valence electrons. The third-order valence-corrected chi connectivity index (χ3v) is 3.64. The summed E-state index contributed by atoms with van der Waals surface area (Å²) >= 11 is 0. The lowest BCUT2D eigenvalue weighted by atomic mass is 10.1. The normalized spacial score (nSPS) is 10.7. The minimum atomic E-state index is -0.449. The molecule has 0 spiro atoms. The van der Waals surface area contributed by atoms with E-state index in [1.165, 1.54) is 19.1 Å². The molecule has 2 aromatic carbocycles. The summed E-state index contributed by atoms with van der Waals surface area (Å²) in [5, 5.41) is 5.61. The van der Waals surface area contributed by atoms with E-state index in [1.54, 1.807) is 36.4 Å². The summed E-state index contributed by atoms with van der Waals surface area (Å²) < 4.78 is 5.00. The zero-order valence-corrected chi connectivity index (χ0v) is 16.2.